The Balaban J connectivity index is 1.97. The average Bonchev–Trinajstić information content (AvgIpc) is 2.92. The zero-order valence-corrected chi connectivity index (χ0v) is 13.6. The van der Waals surface area contributed by atoms with Crippen LogP contribution in [-0.2, 0) is 16.6 Å². The van der Waals surface area contributed by atoms with Gasteiger partial charge in [-0.3, -0.25) is 0 Å². The summed E-state index contributed by atoms with van der Waals surface area (Å²) in [6, 6.07) is 10.5. The molecule has 0 N–H and O–H groups in total. The molecule has 1 aliphatic carbocycles. The zero-order chi connectivity index (χ0) is 15.3. The molecular formula is C16H10Cl3N3. The normalized spacial score (nSPS) is 13.8. The van der Waals surface area contributed by atoms with Crippen LogP contribution in [0.3, 0.4) is 0 Å². The largest absolute Gasteiger partial charge is 0.250 e. The molecule has 0 saturated heterocycles. The Kier molecular flexibility index (Phi) is 3.26. The Labute approximate surface area is 142 Å². The number of nitrogens with zero attached hydrogens (tertiary/aromatic N) is 3. The Hall–Kier alpha value is -1.42. The van der Waals surface area contributed by atoms with Crippen molar-refractivity contribution in [1.29, 1.82) is 0 Å². The van der Waals surface area contributed by atoms with Gasteiger partial charge < -0.3 is 0 Å². The molecule has 6 heteroatoms. The van der Waals surface area contributed by atoms with Gasteiger partial charge in [-0.1, -0.05) is 65.1 Å². The van der Waals surface area contributed by atoms with Crippen molar-refractivity contribution in [3.63, 3.8) is 0 Å². The van der Waals surface area contributed by atoms with Gasteiger partial charge in [-0.25, -0.2) is 15.0 Å². The molecule has 0 saturated carbocycles. The Morgan fingerprint density at radius 2 is 1.68 bits per heavy atom. The smallest absolute Gasteiger partial charge is 0.217 e. The molecule has 110 valence electrons. The van der Waals surface area contributed by atoms with Crippen LogP contribution in [0.25, 0.3) is 22.2 Å². The summed E-state index contributed by atoms with van der Waals surface area (Å²) in [5.74, 6) is 0.651. The van der Waals surface area contributed by atoms with Gasteiger partial charge in [0.1, 0.15) is 6.33 Å². The van der Waals surface area contributed by atoms with Gasteiger partial charge in [-0.2, -0.15) is 0 Å². The van der Waals surface area contributed by atoms with Crippen molar-refractivity contribution >= 4 is 45.6 Å². The first-order chi connectivity index (χ1) is 10.5. The summed E-state index contributed by atoms with van der Waals surface area (Å²) < 4.78 is -1.66. The lowest BCUT2D eigenvalue weighted by Gasteiger charge is -2.11. The third-order valence-corrected chi connectivity index (χ3v) is 4.45. The number of hydrogen-bond acceptors (Lipinski definition) is 3. The molecule has 0 amide bonds. The average molecular weight is 351 g/mol. The molecule has 1 heterocycles. The van der Waals surface area contributed by atoms with E-state index in [0.717, 1.165) is 23.8 Å². The maximum absolute atomic E-state index is 5.87. The van der Waals surface area contributed by atoms with Crippen molar-refractivity contribution in [2.75, 3.05) is 0 Å². The van der Waals surface area contributed by atoms with Gasteiger partial charge in [0, 0.05) is 5.56 Å². The summed E-state index contributed by atoms with van der Waals surface area (Å²) in [6.45, 7) is 0. The van der Waals surface area contributed by atoms with Crippen LogP contribution in [-0.4, -0.2) is 15.0 Å². The number of hydrogen-bond donors (Lipinski definition) is 0. The Morgan fingerprint density at radius 1 is 0.909 bits per heavy atom. The van der Waals surface area contributed by atoms with Crippen molar-refractivity contribution in [2.45, 2.75) is 16.6 Å². The number of aryl methyl sites for hydroxylation is 2. The van der Waals surface area contributed by atoms with E-state index in [2.05, 4.69) is 39.2 Å². The van der Waals surface area contributed by atoms with Crippen molar-refractivity contribution in [3.05, 3.63) is 53.6 Å². The van der Waals surface area contributed by atoms with E-state index in [-0.39, 0.29) is 5.82 Å². The van der Waals surface area contributed by atoms with Gasteiger partial charge >= 0.3 is 0 Å². The molecule has 0 fully saturated rings. The molecule has 2 aromatic carbocycles. The molecule has 0 spiro atoms. The van der Waals surface area contributed by atoms with Crippen LogP contribution in [0.5, 0.6) is 0 Å². The lowest BCUT2D eigenvalue weighted by molar-refractivity contribution is 0.925. The molecule has 1 aliphatic rings. The lowest BCUT2D eigenvalue weighted by atomic mass is 9.99. The highest BCUT2D eigenvalue weighted by Crippen LogP contribution is 2.38. The molecular weight excluding hydrogens is 341 g/mol. The van der Waals surface area contributed by atoms with Crippen molar-refractivity contribution in [1.82, 2.24) is 15.0 Å². The van der Waals surface area contributed by atoms with Crippen LogP contribution < -0.4 is 0 Å². The predicted molar refractivity (Wildman–Crippen MR) is 89.4 cm³/mol. The lowest BCUT2D eigenvalue weighted by Crippen LogP contribution is -2.08. The monoisotopic (exact) mass is 349 g/mol. The Bertz CT molecular complexity index is 877. The van der Waals surface area contributed by atoms with E-state index in [4.69, 9.17) is 34.8 Å². The fourth-order valence-corrected chi connectivity index (χ4v) is 3.28. The number of rotatable bonds is 1. The highest BCUT2D eigenvalue weighted by molar-refractivity contribution is 6.66. The van der Waals surface area contributed by atoms with E-state index in [1.54, 1.807) is 0 Å². The quantitative estimate of drug-likeness (QED) is 0.601. The summed E-state index contributed by atoms with van der Waals surface area (Å²) in [7, 11) is 0. The summed E-state index contributed by atoms with van der Waals surface area (Å²) in [6.07, 6.45) is 3.53. The van der Waals surface area contributed by atoms with Crippen LogP contribution in [0.4, 0.5) is 0 Å². The second-order valence-corrected chi connectivity index (χ2v) is 7.52. The second-order valence-electron chi connectivity index (χ2n) is 5.24. The third-order valence-electron chi connectivity index (χ3n) is 3.94. The summed E-state index contributed by atoms with van der Waals surface area (Å²) in [5, 5.41) is 2.44. The highest BCUT2D eigenvalue weighted by Gasteiger charge is 2.27. The van der Waals surface area contributed by atoms with Gasteiger partial charge in [0.05, 0.1) is 0 Å². The number of benzene rings is 2. The Morgan fingerprint density at radius 3 is 2.45 bits per heavy atom. The standard InChI is InChI=1S/C16H10Cl3N3/c17-16(18,19)15-21-8-20-14(22-15)12-7-6-10-5-4-9-2-1-3-11(12)13(9)10/h1-3,6-8H,4-5H2. The molecule has 0 atom stereocenters. The first-order valence-corrected chi connectivity index (χ1v) is 7.97. The van der Waals surface area contributed by atoms with E-state index >= 15 is 0 Å². The second kappa shape index (κ2) is 5.05. The maximum Gasteiger partial charge on any atom is 0.250 e. The summed E-state index contributed by atoms with van der Waals surface area (Å²) in [4.78, 5) is 12.5. The first kappa shape index (κ1) is 14.2. The molecule has 0 aliphatic heterocycles. The number of halogens is 3. The molecule has 0 radical (unpaired) electrons. The minimum atomic E-state index is -1.66. The molecule has 3 nitrogen and oxygen atoms in total. The summed E-state index contributed by atoms with van der Waals surface area (Å²) in [5.41, 5.74) is 3.66. The van der Waals surface area contributed by atoms with Crippen LogP contribution in [0.15, 0.2) is 36.7 Å². The highest BCUT2D eigenvalue weighted by atomic mass is 35.6. The van der Waals surface area contributed by atoms with Crippen LogP contribution in [0, 0.1) is 0 Å². The van der Waals surface area contributed by atoms with Crippen LogP contribution in [0.1, 0.15) is 17.0 Å². The van der Waals surface area contributed by atoms with Gasteiger partial charge in [0.2, 0.25) is 3.79 Å². The number of aromatic nitrogens is 3. The van der Waals surface area contributed by atoms with E-state index in [9.17, 15) is 0 Å². The number of alkyl halides is 3. The van der Waals surface area contributed by atoms with Crippen LogP contribution in [0.2, 0.25) is 0 Å². The molecule has 22 heavy (non-hydrogen) atoms. The van der Waals surface area contributed by atoms with Gasteiger partial charge in [-0.05, 0) is 34.7 Å². The minimum absolute atomic E-state index is 0.130. The molecule has 0 bridgehead atoms. The van der Waals surface area contributed by atoms with Crippen molar-refractivity contribution in [2.24, 2.45) is 0 Å². The van der Waals surface area contributed by atoms with Crippen molar-refractivity contribution in [3.8, 4) is 11.4 Å². The molecule has 1 aromatic heterocycles. The predicted octanol–water partition coefficient (Wildman–Crippen LogP) is 4.62. The van der Waals surface area contributed by atoms with E-state index in [1.165, 1.54) is 22.8 Å². The van der Waals surface area contributed by atoms with E-state index < -0.39 is 3.79 Å². The molecule has 3 aromatic rings. The van der Waals surface area contributed by atoms with E-state index in [1.807, 2.05) is 6.07 Å². The summed E-state index contributed by atoms with van der Waals surface area (Å²) >= 11 is 17.6. The fourth-order valence-electron chi connectivity index (χ4n) is 3.00. The van der Waals surface area contributed by atoms with Gasteiger partial charge in [0.15, 0.2) is 11.6 Å². The van der Waals surface area contributed by atoms with E-state index in [0.29, 0.717) is 5.82 Å². The van der Waals surface area contributed by atoms with Crippen LogP contribution >= 0.6 is 34.8 Å². The molecule has 0 unspecified atom stereocenters. The minimum Gasteiger partial charge on any atom is -0.217 e. The third kappa shape index (κ3) is 2.24. The topological polar surface area (TPSA) is 38.7 Å². The zero-order valence-electron chi connectivity index (χ0n) is 11.4. The SMILES string of the molecule is ClC(Cl)(Cl)c1ncnc(-c2ccc3c4c(cccc24)CC3)n1. The maximum atomic E-state index is 5.87. The van der Waals surface area contributed by atoms with Crippen molar-refractivity contribution < 1.29 is 0 Å². The molecule has 4 rings (SSSR count). The van der Waals surface area contributed by atoms with Gasteiger partial charge in [-0.15, -0.1) is 0 Å². The fraction of sp³-hybridized carbons (Fsp3) is 0.188. The van der Waals surface area contributed by atoms with Gasteiger partial charge in [0.25, 0.3) is 0 Å². The first-order valence-electron chi connectivity index (χ1n) is 6.84.